The summed E-state index contributed by atoms with van der Waals surface area (Å²) in [6.45, 7) is 0.781. The second-order valence-corrected chi connectivity index (χ2v) is 8.29. The fourth-order valence-electron chi connectivity index (χ4n) is 3.14. The van der Waals surface area contributed by atoms with Gasteiger partial charge in [-0.05, 0) is 36.5 Å². The number of sulfonamides is 1. The molecule has 0 spiro atoms. The average molecular weight is 325 g/mol. The number of nitrogens with zero attached hydrogens (tertiary/aromatic N) is 1. The zero-order chi connectivity index (χ0) is 16.0. The number of hydrogen-bond donors (Lipinski definition) is 1. The van der Waals surface area contributed by atoms with Gasteiger partial charge < -0.3 is 9.84 Å². The van der Waals surface area contributed by atoms with Crippen LogP contribution < -0.4 is 0 Å². The molecule has 1 saturated carbocycles. The van der Waals surface area contributed by atoms with Gasteiger partial charge in [-0.15, -0.1) is 0 Å². The molecule has 120 valence electrons. The molecule has 0 saturated heterocycles. The predicted molar refractivity (Wildman–Crippen MR) is 80.3 cm³/mol. The highest BCUT2D eigenvalue weighted by Gasteiger charge is 2.57. The van der Waals surface area contributed by atoms with Crippen LogP contribution in [0.15, 0.2) is 18.2 Å². The SMILES string of the molecule is COCC1(S(=O)(=O)N2CCc3c(cccc3C(=O)O)C2)CC1. The monoisotopic (exact) mass is 325 g/mol. The lowest BCUT2D eigenvalue weighted by Crippen LogP contribution is -2.45. The average Bonchev–Trinajstić information content (AvgIpc) is 3.27. The van der Waals surface area contributed by atoms with Gasteiger partial charge in [-0.1, -0.05) is 12.1 Å². The molecule has 2 aliphatic rings. The third-order valence-corrected chi connectivity index (χ3v) is 7.18. The lowest BCUT2D eigenvalue weighted by Gasteiger charge is -2.32. The zero-order valence-electron chi connectivity index (χ0n) is 12.4. The van der Waals surface area contributed by atoms with E-state index in [4.69, 9.17) is 4.74 Å². The molecular formula is C15H19NO5S. The number of carboxylic acids is 1. The predicted octanol–water partition coefficient (Wildman–Crippen LogP) is 1.25. The molecule has 6 nitrogen and oxygen atoms in total. The van der Waals surface area contributed by atoms with Crippen LogP contribution in [0, 0.1) is 0 Å². The number of fused-ring (bicyclic) bond motifs is 1. The molecule has 3 rings (SSSR count). The van der Waals surface area contributed by atoms with Gasteiger partial charge in [0.05, 0.1) is 12.2 Å². The molecule has 1 aromatic rings. The van der Waals surface area contributed by atoms with E-state index in [0.29, 0.717) is 25.8 Å². The largest absolute Gasteiger partial charge is 0.478 e. The lowest BCUT2D eigenvalue weighted by atomic mass is 9.95. The highest BCUT2D eigenvalue weighted by molar-refractivity contribution is 7.90. The fraction of sp³-hybridized carbons (Fsp3) is 0.533. The molecule has 0 aromatic heterocycles. The summed E-state index contributed by atoms with van der Waals surface area (Å²) >= 11 is 0. The topological polar surface area (TPSA) is 83.9 Å². The van der Waals surface area contributed by atoms with E-state index >= 15 is 0 Å². The molecule has 0 atom stereocenters. The van der Waals surface area contributed by atoms with Gasteiger partial charge >= 0.3 is 5.97 Å². The van der Waals surface area contributed by atoms with Crippen molar-refractivity contribution < 1.29 is 23.1 Å². The number of ether oxygens (including phenoxy) is 1. The molecule has 1 fully saturated rings. The molecular weight excluding hydrogens is 306 g/mol. The number of hydrogen-bond acceptors (Lipinski definition) is 4. The first-order valence-electron chi connectivity index (χ1n) is 7.24. The number of carbonyl (C=O) groups is 1. The Labute approximate surface area is 129 Å². The number of aromatic carboxylic acids is 1. The van der Waals surface area contributed by atoms with E-state index in [1.54, 1.807) is 18.2 Å². The van der Waals surface area contributed by atoms with E-state index in [1.807, 2.05) is 0 Å². The Bertz CT molecular complexity index is 709. The summed E-state index contributed by atoms with van der Waals surface area (Å²) < 4.78 is 31.4. The molecule has 1 aliphatic carbocycles. The van der Waals surface area contributed by atoms with Crippen LogP contribution in [-0.2, 0) is 27.7 Å². The number of benzene rings is 1. The van der Waals surface area contributed by atoms with Crippen molar-refractivity contribution in [3.63, 3.8) is 0 Å². The molecule has 1 aliphatic heterocycles. The second-order valence-electron chi connectivity index (χ2n) is 5.95. The molecule has 1 heterocycles. The van der Waals surface area contributed by atoms with Crippen molar-refractivity contribution in [3.8, 4) is 0 Å². The van der Waals surface area contributed by atoms with Crippen molar-refractivity contribution in [2.24, 2.45) is 0 Å². The smallest absolute Gasteiger partial charge is 0.335 e. The van der Waals surface area contributed by atoms with Crippen LogP contribution in [0.3, 0.4) is 0 Å². The zero-order valence-corrected chi connectivity index (χ0v) is 13.2. The van der Waals surface area contributed by atoms with Crippen molar-refractivity contribution in [2.75, 3.05) is 20.3 Å². The van der Waals surface area contributed by atoms with Gasteiger partial charge in [0.15, 0.2) is 0 Å². The van der Waals surface area contributed by atoms with Crippen molar-refractivity contribution >= 4 is 16.0 Å². The molecule has 7 heteroatoms. The van der Waals surface area contributed by atoms with Gasteiger partial charge in [0.2, 0.25) is 10.0 Å². The van der Waals surface area contributed by atoms with Crippen LogP contribution in [0.2, 0.25) is 0 Å². The Morgan fingerprint density at radius 3 is 2.73 bits per heavy atom. The summed E-state index contributed by atoms with van der Waals surface area (Å²) in [5.41, 5.74) is 1.80. The molecule has 0 amide bonds. The van der Waals surface area contributed by atoms with Crippen LogP contribution >= 0.6 is 0 Å². The quantitative estimate of drug-likeness (QED) is 0.881. The van der Waals surface area contributed by atoms with E-state index in [9.17, 15) is 18.3 Å². The van der Waals surface area contributed by atoms with E-state index < -0.39 is 20.7 Å². The Balaban J connectivity index is 1.89. The van der Waals surface area contributed by atoms with Gasteiger partial charge in [0.1, 0.15) is 4.75 Å². The highest BCUT2D eigenvalue weighted by Crippen LogP contribution is 2.46. The third kappa shape index (κ3) is 2.33. The van der Waals surface area contributed by atoms with Crippen molar-refractivity contribution in [1.82, 2.24) is 4.31 Å². The second kappa shape index (κ2) is 5.33. The van der Waals surface area contributed by atoms with Crippen LogP contribution in [0.4, 0.5) is 0 Å². The molecule has 0 unspecified atom stereocenters. The number of methoxy groups -OCH3 is 1. The maximum Gasteiger partial charge on any atom is 0.335 e. The summed E-state index contributed by atoms with van der Waals surface area (Å²) in [4.78, 5) is 11.3. The summed E-state index contributed by atoms with van der Waals surface area (Å²) in [5.74, 6) is -0.966. The van der Waals surface area contributed by atoms with Gasteiger partial charge in [-0.25, -0.2) is 13.2 Å². The Morgan fingerprint density at radius 1 is 1.41 bits per heavy atom. The minimum Gasteiger partial charge on any atom is -0.478 e. The first kappa shape index (κ1) is 15.5. The number of carboxylic acid groups (broad SMARTS) is 1. The Morgan fingerprint density at radius 2 is 2.14 bits per heavy atom. The van der Waals surface area contributed by atoms with Crippen LogP contribution in [0.5, 0.6) is 0 Å². The number of rotatable bonds is 5. The van der Waals surface area contributed by atoms with Gasteiger partial charge in [0, 0.05) is 20.2 Å². The lowest BCUT2D eigenvalue weighted by molar-refractivity contribution is 0.0695. The fourth-order valence-corrected chi connectivity index (χ4v) is 5.22. The Hall–Kier alpha value is -1.44. The molecule has 0 radical (unpaired) electrons. The summed E-state index contributed by atoms with van der Waals surface area (Å²) in [5, 5.41) is 9.23. The molecule has 1 N–H and O–H groups in total. The molecule has 0 bridgehead atoms. The first-order chi connectivity index (χ1) is 10.4. The van der Waals surface area contributed by atoms with Crippen molar-refractivity contribution in [1.29, 1.82) is 0 Å². The minimum atomic E-state index is -3.43. The van der Waals surface area contributed by atoms with Crippen LogP contribution in [-0.4, -0.2) is 48.8 Å². The van der Waals surface area contributed by atoms with Gasteiger partial charge in [-0.2, -0.15) is 4.31 Å². The summed E-state index contributed by atoms with van der Waals surface area (Å²) in [6.07, 6.45) is 1.68. The van der Waals surface area contributed by atoms with Crippen molar-refractivity contribution in [3.05, 3.63) is 34.9 Å². The maximum atomic E-state index is 12.8. The summed E-state index contributed by atoms with van der Waals surface area (Å²) in [7, 11) is -1.91. The van der Waals surface area contributed by atoms with E-state index in [1.165, 1.54) is 11.4 Å². The minimum absolute atomic E-state index is 0.216. The third-order valence-electron chi connectivity index (χ3n) is 4.56. The van der Waals surface area contributed by atoms with Crippen molar-refractivity contribution in [2.45, 2.75) is 30.6 Å². The van der Waals surface area contributed by atoms with Crippen LogP contribution in [0.25, 0.3) is 0 Å². The van der Waals surface area contributed by atoms with E-state index in [2.05, 4.69) is 0 Å². The van der Waals surface area contributed by atoms with Crippen LogP contribution in [0.1, 0.15) is 34.3 Å². The Kier molecular flexibility index (Phi) is 3.74. The van der Waals surface area contributed by atoms with E-state index in [0.717, 1.165) is 11.1 Å². The summed E-state index contributed by atoms with van der Waals surface area (Å²) in [6, 6.07) is 5.04. The standard InChI is InChI=1S/C15H19NO5S/c1-21-10-15(6-7-15)22(19,20)16-8-5-12-11(9-16)3-2-4-13(12)14(17)18/h2-4H,5-10H2,1H3,(H,17,18). The van der Waals surface area contributed by atoms with E-state index in [-0.39, 0.29) is 18.7 Å². The van der Waals surface area contributed by atoms with Gasteiger partial charge in [-0.3, -0.25) is 0 Å². The molecule has 1 aromatic carbocycles. The maximum absolute atomic E-state index is 12.8. The molecule has 22 heavy (non-hydrogen) atoms. The van der Waals surface area contributed by atoms with Gasteiger partial charge in [0.25, 0.3) is 0 Å². The highest BCUT2D eigenvalue weighted by atomic mass is 32.2. The normalized spacial score (nSPS) is 20.4. The first-order valence-corrected chi connectivity index (χ1v) is 8.68.